The van der Waals surface area contributed by atoms with Crippen molar-refractivity contribution in [3.8, 4) is 0 Å². The van der Waals surface area contributed by atoms with E-state index in [0.717, 1.165) is 45.9 Å². The van der Waals surface area contributed by atoms with Crippen LogP contribution in [-0.2, 0) is 4.74 Å². The van der Waals surface area contributed by atoms with Crippen molar-refractivity contribution in [3.05, 3.63) is 0 Å². The number of hydrogen-bond donors (Lipinski definition) is 0. The van der Waals surface area contributed by atoms with Gasteiger partial charge in [0.1, 0.15) is 0 Å². The molecule has 0 amide bonds. The topological polar surface area (TPSA) is 28.1 Å². The summed E-state index contributed by atoms with van der Waals surface area (Å²) in [7, 11) is 0. The second-order valence-corrected chi connectivity index (χ2v) is 8.41. The smallest absolute Gasteiger partial charge is 0.159 e. The first-order valence-corrected chi connectivity index (χ1v) is 8.76. The zero-order valence-electron chi connectivity index (χ0n) is 12.8. The quantitative estimate of drug-likeness (QED) is 0.780. The minimum absolute atomic E-state index is 0.294. The molecule has 1 unspecified atom stereocenters. The van der Waals surface area contributed by atoms with Crippen LogP contribution in [0, 0.1) is 0 Å². The number of aliphatic imine (C=N–C) groups is 1. The van der Waals surface area contributed by atoms with Gasteiger partial charge in [-0.15, -0.1) is 0 Å². The zero-order chi connectivity index (χ0) is 14.0. The average molecular weight is 297 g/mol. The van der Waals surface area contributed by atoms with Gasteiger partial charge in [-0.3, -0.25) is 9.89 Å². The van der Waals surface area contributed by atoms with Crippen LogP contribution >= 0.6 is 11.8 Å². The Hall–Kier alpha value is -0.260. The van der Waals surface area contributed by atoms with Gasteiger partial charge in [-0.05, 0) is 33.1 Å². The van der Waals surface area contributed by atoms with E-state index in [1.165, 1.54) is 24.4 Å². The lowest BCUT2D eigenvalue weighted by Crippen LogP contribution is -2.50. The van der Waals surface area contributed by atoms with Crippen LogP contribution in [0.4, 0.5) is 0 Å². The van der Waals surface area contributed by atoms with Gasteiger partial charge in [0, 0.05) is 44.1 Å². The van der Waals surface area contributed by atoms with Gasteiger partial charge in [0.15, 0.2) is 5.17 Å². The van der Waals surface area contributed by atoms with E-state index in [1.807, 2.05) is 11.8 Å². The standard InChI is InChI=1S/C15H27N3OS/c1-15(2)12-16-14(20-15)18-8-6-17(7-9-18)11-13-5-3-4-10-19-13/h13H,3-12H2,1-2H3. The third-order valence-electron chi connectivity index (χ3n) is 4.34. The predicted octanol–water partition coefficient (Wildman–Crippen LogP) is 2.05. The van der Waals surface area contributed by atoms with Crippen molar-refractivity contribution in [1.29, 1.82) is 0 Å². The molecule has 0 aliphatic carbocycles. The van der Waals surface area contributed by atoms with Crippen molar-refractivity contribution in [2.45, 2.75) is 44.0 Å². The molecule has 4 nitrogen and oxygen atoms in total. The molecule has 0 aromatic carbocycles. The molecule has 0 aromatic heterocycles. The van der Waals surface area contributed by atoms with E-state index >= 15 is 0 Å². The molecule has 1 atom stereocenters. The summed E-state index contributed by atoms with van der Waals surface area (Å²) in [5.41, 5.74) is 0. The van der Waals surface area contributed by atoms with Gasteiger partial charge in [0.2, 0.25) is 0 Å². The molecule has 0 radical (unpaired) electrons. The van der Waals surface area contributed by atoms with E-state index in [1.54, 1.807) is 0 Å². The molecule has 3 heterocycles. The first-order valence-electron chi connectivity index (χ1n) is 7.95. The number of ether oxygens (including phenoxy) is 1. The fourth-order valence-corrected chi connectivity index (χ4v) is 4.16. The summed E-state index contributed by atoms with van der Waals surface area (Å²) in [6, 6.07) is 0. The van der Waals surface area contributed by atoms with Gasteiger partial charge >= 0.3 is 0 Å². The molecular weight excluding hydrogens is 270 g/mol. The summed E-state index contributed by atoms with van der Waals surface area (Å²) < 4.78 is 6.15. The Morgan fingerprint density at radius 1 is 1.25 bits per heavy atom. The molecule has 0 N–H and O–H groups in total. The molecule has 0 saturated carbocycles. The second kappa shape index (κ2) is 6.24. The first kappa shape index (κ1) is 14.7. The maximum atomic E-state index is 5.85. The van der Waals surface area contributed by atoms with Crippen LogP contribution < -0.4 is 0 Å². The van der Waals surface area contributed by atoms with E-state index in [0.29, 0.717) is 10.9 Å². The molecule has 2 fully saturated rings. The van der Waals surface area contributed by atoms with Crippen LogP contribution in [0.15, 0.2) is 4.99 Å². The molecule has 5 heteroatoms. The van der Waals surface area contributed by atoms with Crippen molar-refractivity contribution in [2.24, 2.45) is 4.99 Å². The third-order valence-corrected chi connectivity index (χ3v) is 5.59. The Labute approximate surface area is 126 Å². The highest BCUT2D eigenvalue weighted by Gasteiger charge is 2.31. The normalized spacial score (nSPS) is 31.4. The molecule has 0 aromatic rings. The van der Waals surface area contributed by atoms with Gasteiger partial charge in [0.05, 0.1) is 12.6 Å². The number of rotatable bonds is 2. The Bertz CT molecular complexity index is 358. The van der Waals surface area contributed by atoms with Crippen molar-refractivity contribution in [3.63, 3.8) is 0 Å². The highest BCUT2D eigenvalue weighted by atomic mass is 32.2. The van der Waals surface area contributed by atoms with E-state index in [9.17, 15) is 0 Å². The minimum Gasteiger partial charge on any atom is -0.377 e. The molecule has 2 saturated heterocycles. The van der Waals surface area contributed by atoms with Crippen LogP contribution in [0.5, 0.6) is 0 Å². The van der Waals surface area contributed by atoms with Crippen LogP contribution in [-0.4, -0.2) is 71.7 Å². The largest absolute Gasteiger partial charge is 0.377 e. The van der Waals surface area contributed by atoms with Crippen LogP contribution in [0.3, 0.4) is 0 Å². The lowest BCUT2D eigenvalue weighted by atomic mass is 10.1. The number of amidine groups is 1. The second-order valence-electron chi connectivity index (χ2n) is 6.74. The summed E-state index contributed by atoms with van der Waals surface area (Å²) in [5, 5.41) is 1.27. The van der Waals surface area contributed by atoms with Crippen molar-refractivity contribution >= 4 is 16.9 Å². The summed E-state index contributed by atoms with van der Waals surface area (Å²) in [6.07, 6.45) is 4.31. The number of piperazine rings is 1. The van der Waals surface area contributed by atoms with E-state index in [4.69, 9.17) is 9.73 Å². The third kappa shape index (κ3) is 3.68. The Balaban J connectivity index is 1.43. The maximum Gasteiger partial charge on any atom is 0.159 e. The SMILES string of the molecule is CC1(C)CN=C(N2CCN(CC3CCCCO3)CC2)S1. The maximum absolute atomic E-state index is 5.85. The summed E-state index contributed by atoms with van der Waals surface area (Å²) in [4.78, 5) is 9.75. The molecule has 0 spiro atoms. The summed E-state index contributed by atoms with van der Waals surface area (Å²) >= 11 is 1.94. The highest BCUT2D eigenvalue weighted by molar-refractivity contribution is 8.15. The first-order chi connectivity index (χ1) is 9.62. The summed E-state index contributed by atoms with van der Waals surface area (Å²) in [5.74, 6) is 0. The van der Waals surface area contributed by atoms with Crippen molar-refractivity contribution < 1.29 is 4.74 Å². The molecule has 114 valence electrons. The predicted molar refractivity (Wildman–Crippen MR) is 85.6 cm³/mol. The zero-order valence-corrected chi connectivity index (χ0v) is 13.6. The van der Waals surface area contributed by atoms with Crippen LogP contribution in [0.2, 0.25) is 0 Å². The number of nitrogens with zero attached hydrogens (tertiary/aromatic N) is 3. The van der Waals surface area contributed by atoms with Gasteiger partial charge in [-0.1, -0.05) is 11.8 Å². The molecular formula is C15H27N3OS. The molecule has 3 aliphatic heterocycles. The van der Waals surface area contributed by atoms with E-state index in [-0.39, 0.29) is 0 Å². The fourth-order valence-electron chi connectivity index (χ4n) is 3.10. The van der Waals surface area contributed by atoms with Crippen LogP contribution in [0.1, 0.15) is 33.1 Å². The number of thioether (sulfide) groups is 1. The Kier molecular flexibility index (Phi) is 4.58. The number of hydrogen-bond acceptors (Lipinski definition) is 5. The van der Waals surface area contributed by atoms with Crippen molar-refractivity contribution in [1.82, 2.24) is 9.80 Å². The Morgan fingerprint density at radius 3 is 2.65 bits per heavy atom. The van der Waals surface area contributed by atoms with Crippen molar-refractivity contribution in [2.75, 3.05) is 45.9 Å². The van der Waals surface area contributed by atoms with Gasteiger partial charge in [0.25, 0.3) is 0 Å². The Morgan fingerprint density at radius 2 is 2.05 bits per heavy atom. The summed E-state index contributed by atoms with van der Waals surface area (Å²) in [6.45, 7) is 12.2. The van der Waals surface area contributed by atoms with Gasteiger partial charge < -0.3 is 9.64 Å². The molecule has 3 rings (SSSR count). The monoisotopic (exact) mass is 297 g/mol. The molecule has 0 bridgehead atoms. The lowest BCUT2D eigenvalue weighted by molar-refractivity contribution is -0.0107. The fraction of sp³-hybridized carbons (Fsp3) is 0.933. The average Bonchev–Trinajstić information content (AvgIpc) is 2.81. The van der Waals surface area contributed by atoms with Gasteiger partial charge in [-0.2, -0.15) is 0 Å². The van der Waals surface area contributed by atoms with Crippen LogP contribution in [0.25, 0.3) is 0 Å². The highest BCUT2D eigenvalue weighted by Crippen LogP contribution is 2.33. The molecule has 20 heavy (non-hydrogen) atoms. The lowest BCUT2D eigenvalue weighted by Gasteiger charge is -2.38. The minimum atomic E-state index is 0.294. The van der Waals surface area contributed by atoms with Gasteiger partial charge in [-0.25, -0.2) is 0 Å². The van der Waals surface area contributed by atoms with E-state index < -0.39 is 0 Å². The van der Waals surface area contributed by atoms with E-state index in [2.05, 4.69) is 23.6 Å². The molecule has 3 aliphatic rings.